The van der Waals surface area contributed by atoms with E-state index in [1.165, 1.54) is 12.4 Å². The van der Waals surface area contributed by atoms with Gasteiger partial charge in [0.15, 0.2) is 0 Å². The van der Waals surface area contributed by atoms with Gasteiger partial charge in [-0.2, -0.15) is 0 Å². The number of aromatic nitrogens is 2. The van der Waals surface area contributed by atoms with Crippen LogP contribution in [-0.4, -0.2) is 34.0 Å². The number of rotatable bonds is 2. The molecule has 1 aliphatic heterocycles. The molecule has 1 aromatic carbocycles. The summed E-state index contributed by atoms with van der Waals surface area (Å²) in [6.45, 7) is 1.13. The number of aromatic amines is 1. The van der Waals surface area contributed by atoms with E-state index in [9.17, 15) is 14.9 Å². The molecule has 8 nitrogen and oxygen atoms in total. The van der Waals surface area contributed by atoms with E-state index in [2.05, 4.69) is 9.97 Å². The summed E-state index contributed by atoms with van der Waals surface area (Å²) in [6, 6.07) is 2.86. The van der Waals surface area contributed by atoms with Gasteiger partial charge in [-0.1, -0.05) is 0 Å². The number of nitrogens with zero attached hydrogens (tertiary/aromatic N) is 3. The van der Waals surface area contributed by atoms with Gasteiger partial charge in [-0.05, 0) is 6.07 Å². The molecule has 19 heavy (non-hydrogen) atoms. The SMILES string of the molecule is NC1CN(c2cc3nc[nH]c(=O)c3cc2[N+](=O)[O-])C1. The van der Waals surface area contributed by atoms with E-state index in [0.717, 1.165) is 0 Å². The number of hydrogen-bond donors (Lipinski definition) is 2. The average molecular weight is 261 g/mol. The van der Waals surface area contributed by atoms with Gasteiger partial charge in [0.1, 0.15) is 5.69 Å². The van der Waals surface area contributed by atoms with Crippen LogP contribution in [0, 0.1) is 10.1 Å². The second kappa shape index (κ2) is 4.02. The minimum atomic E-state index is -0.495. The molecule has 0 bridgehead atoms. The van der Waals surface area contributed by atoms with Gasteiger partial charge in [0.2, 0.25) is 0 Å². The maximum Gasteiger partial charge on any atom is 0.293 e. The lowest BCUT2D eigenvalue weighted by molar-refractivity contribution is -0.384. The summed E-state index contributed by atoms with van der Waals surface area (Å²) in [5.41, 5.74) is 6.09. The number of nitro benzene ring substituents is 1. The summed E-state index contributed by atoms with van der Waals surface area (Å²) in [6.07, 6.45) is 1.28. The van der Waals surface area contributed by atoms with Crippen molar-refractivity contribution < 1.29 is 4.92 Å². The lowest BCUT2D eigenvalue weighted by Crippen LogP contribution is -2.56. The van der Waals surface area contributed by atoms with Crippen molar-refractivity contribution in [2.24, 2.45) is 5.73 Å². The summed E-state index contributed by atoms with van der Waals surface area (Å²) in [5, 5.41) is 11.3. The van der Waals surface area contributed by atoms with E-state index >= 15 is 0 Å². The molecular weight excluding hydrogens is 250 g/mol. The molecule has 8 heteroatoms. The molecule has 1 saturated heterocycles. The Hall–Kier alpha value is -2.48. The van der Waals surface area contributed by atoms with Gasteiger partial charge in [-0.25, -0.2) is 4.98 Å². The number of nitrogens with two attached hydrogens (primary N) is 1. The molecule has 0 unspecified atom stereocenters. The van der Waals surface area contributed by atoms with Crippen LogP contribution in [0.5, 0.6) is 0 Å². The van der Waals surface area contributed by atoms with E-state index in [1.54, 1.807) is 6.07 Å². The zero-order valence-corrected chi connectivity index (χ0v) is 9.87. The highest BCUT2D eigenvalue weighted by atomic mass is 16.6. The van der Waals surface area contributed by atoms with Gasteiger partial charge in [-0.3, -0.25) is 14.9 Å². The third kappa shape index (κ3) is 1.82. The lowest BCUT2D eigenvalue weighted by Gasteiger charge is -2.38. The topological polar surface area (TPSA) is 118 Å². The van der Waals surface area contributed by atoms with Gasteiger partial charge in [0.25, 0.3) is 11.2 Å². The van der Waals surface area contributed by atoms with Crippen molar-refractivity contribution in [2.45, 2.75) is 6.04 Å². The van der Waals surface area contributed by atoms with E-state index in [-0.39, 0.29) is 22.7 Å². The molecule has 98 valence electrons. The normalized spacial score (nSPS) is 15.5. The van der Waals surface area contributed by atoms with Crippen molar-refractivity contribution in [2.75, 3.05) is 18.0 Å². The summed E-state index contributed by atoms with van der Waals surface area (Å²) >= 11 is 0. The highest BCUT2D eigenvalue weighted by Crippen LogP contribution is 2.33. The van der Waals surface area contributed by atoms with Gasteiger partial charge in [-0.15, -0.1) is 0 Å². The van der Waals surface area contributed by atoms with Crippen LogP contribution in [0.25, 0.3) is 10.9 Å². The molecule has 3 rings (SSSR count). The lowest BCUT2D eigenvalue weighted by atomic mass is 10.1. The number of H-pyrrole nitrogens is 1. The van der Waals surface area contributed by atoms with Crippen molar-refractivity contribution in [1.82, 2.24) is 9.97 Å². The Balaban J connectivity index is 2.22. The standard InChI is InChI=1S/C11H11N5O3/c12-6-3-15(4-6)9-2-8-7(1-10(9)16(18)19)11(17)14-5-13-8/h1-2,5-6H,3-4,12H2,(H,13,14,17). The fourth-order valence-corrected chi connectivity index (χ4v) is 2.20. The van der Waals surface area contributed by atoms with E-state index in [1.807, 2.05) is 4.90 Å². The third-order valence-electron chi connectivity index (χ3n) is 3.18. The third-order valence-corrected chi connectivity index (χ3v) is 3.18. The summed E-state index contributed by atoms with van der Waals surface area (Å²) in [5.74, 6) is 0. The van der Waals surface area contributed by atoms with E-state index in [0.29, 0.717) is 24.3 Å². The van der Waals surface area contributed by atoms with Crippen LogP contribution >= 0.6 is 0 Å². The van der Waals surface area contributed by atoms with Crippen LogP contribution in [0.1, 0.15) is 0 Å². The quantitative estimate of drug-likeness (QED) is 0.579. The first kappa shape index (κ1) is 11.6. The summed E-state index contributed by atoms with van der Waals surface area (Å²) < 4.78 is 0. The predicted octanol–water partition coefficient (Wildman–Crippen LogP) is -0.0214. The second-order valence-electron chi connectivity index (χ2n) is 4.51. The van der Waals surface area contributed by atoms with Gasteiger partial charge < -0.3 is 15.6 Å². The number of nitrogens with one attached hydrogen (secondary N) is 1. The van der Waals surface area contributed by atoms with Crippen molar-refractivity contribution in [3.05, 3.63) is 38.9 Å². The van der Waals surface area contributed by atoms with Gasteiger partial charge in [0, 0.05) is 25.2 Å². The first-order chi connectivity index (χ1) is 9.06. The van der Waals surface area contributed by atoms with Crippen LogP contribution in [0.2, 0.25) is 0 Å². The Morgan fingerprint density at radius 1 is 1.47 bits per heavy atom. The highest BCUT2D eigenvalue weighted by Gasteiger charge is 2.29. The van der Waals surface area contributed by atoms with Crippen LogP contribution in [0.4, 0.5) is 11.4 Å². The fraction of sp³-hybridized carbons (Fsp3) is 0.273. The molecule has 1 aromatic heterocycles. The molecule has 0 amide bonds. The molecule has 0 saturated carbocycles. The highest BCUT2D eigenvalue weighted by molar-refractivity contribution is 5.87. The minimum Gasteiger partial charge on any atom is -0.363 e. The van der Waals surface area contributed by atoms with E-state index < -0.39 is 4.92 Å². The Bertz CT molecular complexity index is 720. The Morgan fingerprint density at radius 2 is 2.21 bits per heavy atom. The molecule has 0 radical (unpaired) electrons. The first-order valence-corrected chi connectivity index (χ1v) is 5.72. The number of nitro groups is 1. The van der Waals surface area contributed by atoms with Crippen LogP contribution < -0.4 is 16.2 Å². The molecular formula is C11H11N5O3. The Labute approximate surface area is 107 Å². The second-order valence-corrected chi connectivity index (χ2v) is 4.51. The monoisotopic (exact) mass is 261 g/mol. The molecule has 0 spiro atoms. The average Bonchev–Trinajstić information content (AvgIpc) is 2.34. The van der Waals surface area contributed by atoms with Crippen molar-refractivity contribution >= 4 is 22.3 Å². The summed E-state index contributed by atoms with van der Waals surface area (Å²) in [4.78, 5) is 30.5. The molecule has 2 aromatic rings. The van der Waals surface area contributed by atoms with Crippen LogP contribution in [0.15, 0.2) is 23.3 Å². The number of hydrogen-bond acceptors (Lipinski definition) is 6. The Morgan fingerprint density at radius 3 is 2.84 bits per heavy atom. The smallest absolute Gasteiger partial charge is 0.293 e. The molecule has 0 aliphatic carbocycles. The van der Waals surface area contributed by atoms with Crippen molar-refractivity contribution in [3.63, 3.8) is 0 Å². The zero-order chi connectivity index (χ0) is 13.6. The zero-order valence-electron chi connectivity index (χ0n) is 9.87. The first-order valence-electron chi connectivity index (χ1n) is 5.72. The van der Waals surface area contributed by atoms with Crippen molar-refractivity contribution in [3.8, 4) is 0 Å². The maximum absolute atomic E-state index is 11.6. The number of fused-ring (bicyclic) bond motifs is 1. The minimum absolute atomic E-state index is 0.0300. The predicted molar refractivity (Wildman–Crippen MR) is 69.2 cm³/mol. The van der Waals surface area contributed by atoms with Crippen LogP contribution in [-0.2, 0) is 0 Å². The van der Waals surface area contributed by atoms with Crippen LogP contribution in [0.3, 0.4) is 0 Å². The number of benzene rings is 1. The van der Waals surface area contributed by atoms with Gasteiger partial charge in [0.05, 0.1) is 22.2 Å². The number of anilines is 1. The Kier molecular flexibility index (Phi) is 2.46. The molecule has 3 N–H and O–H groups in total. The van der Waals surface area contributed by atoms with E-state index in [4.69, 9.17) is 5.73 Å². The largest absolute Gasteiger partial charge is 0.363 e. The molecule has 1 fully saturated rings. The molecule has 1 aliphatic rings. The fourth-order valence-electron chi connectivity index (χ4n) is 2.20. The summed E-state index contributed by atoms with van der Waals surface area (Å²) in [7, 11) is 0. The maximum atomic E-state index is 11.6. The molecule has 2 heterocycles. The molecule has 0 atom stereocenters. The van der Waals surface area contributed by atoms with Gasteiger partial charge >= 0.3 is 0 Å². The van der Waals surface area contributed by atoms with Crippen molar-refractivity contribution in [1.29, 1.82) is 0 Å².